The number of aliphatic carboxylic acids is 1. The van der Waals surface area contributed by atoms with Crippen molar-refractivity contribution < 1.29 is 29.3 Å². The summed E-state index contributed by atoms with van der Waals surface area (Å²) in [5.41, 5.74) is 2.04. The van der Waals surface area contributed by atoms with Crippen molar-refractivity contribution in [2.45, 2.75) is 25.8 Å². The van der Waals surface area contributed by atoms with Crippen LogP contribution in [-0.2, 0) is 14.4 Å². The zero-order chi connectivity index (χ0) is 21.8. The molecule has 0 radical (unpaired) electrons. The van der Waals surface area contributed by atoms with Gasteiger partial charge in [-0.25, -0.2) is 0 Å². The van der Waals surface area contributed by atoms with E-state index in [0.29, 0.717) is 16.9 Å². The molecular formula is C23H23NO6. The van der Waals surface area contributed by atoms with Crippen LogP contribution in [0.15, 0.2) is 54.1 Å². The third-order valence-corrected chi connectivity index (χ3v) is 5.09. The van der Waals surface area contributed by atoms with Crippen LogP contribution in [0, 0.1) is 6.92 Å². The van der Waals surface area contributed by atoms with Crippen molar-refractivity contribution in [2.75, 3.05) is 13.7 Å². The monoisotopic (exact) mass is 409 g/mol. The summed E-state index contributed by atoms with van der Waals surface area (Å²) >= 11 is 0. The second kappa shape index (κ2) is 8.82. The van der Waals surface area contributed by atoms with Gasteiger partial charge in [0.2, 0.25) is 0 Å². The molecule has 1 aliphatic heterocycles. The van der Waals surface area contributed by atoms with Gasteiger partial charge in [-0.3, -0.25) is 14.4 Å². The molecule has 1 fully saturated rings. The summed E-state index contributed by atoms with van der Waals surface area (Å²) in [4.78, 5) is 37.8. The number of aryl methyl sites for hydroxylation is 1. The maximum absolute atomic E-state index is 12.9. The van der Waals surface area contributed by atoms with Gasteiger partial charge in [-0.15, -0.1) is 0 Å². The number of benzene rings is 2. The summed E-state index contributed by atoms with van der Waals surface area (Å²) in [5, 5.41) is 19.8. The third-order valence-electron chi connectivity index (χ3n) is 5.09. The van der Waals surface area contributed by atoms with Crippen LogP contribution in [0.3, 0.4) is 0 Å². The Morgan fingerprint density at radius 2 is 1.67 bits per heavy atom. The molecule has 1 atom stereocenters. The number of aliphatic hydroxyl groups is 1. The average Bonchev–Trinajstić information content (AvgIpc) is 2.98. The van der Waals surface area contributed by atoms with Crippen LogP contribution >= 0.6 is 0 Å². The Morgan fingerprint density at radius 3 is 2.23 bits per heavy atom. The van der Waals surface area contributed by atoms with Crippen LogP contribution in [0.4, 0.5) is 0 Å². The number of carbonyl (C=O) groups is 3. The maximum Gasteiger partial charge on any atom is 0.303 e. The molecule has 7 heteroatoms. The minimum atomic E-state index is -0.979. The van der Waals surface area contributed by atoms with Crippen molar-refractivity contribution in [3.8, 4) is 5.75 Å². The Bertz CT molecular complexity index is 991. The summed E-state index contributed by atoms with van der Waals surface area (Å²) in [7, 11) is 1.53. The minimum absolute atomic E-state index is 0.00987. The van der Waals surface area contributed by atoms with E-state index in [2.05, 4.69) is 0 Å². The lowest BCUT2D eigenvalue weighted by molar-refractivity contribution is -0.140. The maximum atomic E-state index is 12.9. The number of rotatable bonds is 7. The predicted molar refractivity (Wildman–Crippen MR) is 110 cm³/mol. The van der Waals surface area contributed by atoms with Crippen molar-refractivity contribution in [2.24, 2.45) is 0 Å². The van der Waals surface area contributed by atoms with Gasteiger partial charge in [-0.1, -0.05) is 42.0 Å². The normalized spacial score (nSPS) is 17.9. The first-order valence-electron chi connectivity index (χ1n) is 9.54. The standard InChI is InChI=1S/C23H23NO6/c1-14-5-7-16(8-6-14)21(27)19-20(15-9-11-17(30-2)12-10-15)24(23(29)22(19)28)13-3-4-18(25)26/h5-12,20,27H,3-4,13H2,1-2H3,(H,25,26)/b21-19-. The topological polar surface area (TPSA) is 104 Å². The number of amides is 1. The fourth-order valence-corrected chi connectivity index (χ4v) is 3.51. The van der Waals surface area contributed by atoms with E-state index >= 15 is 0 Å². The minimum Gasteiger partial charge on any atom is -0.507 e. The largest absolute Gasteiger partial charge is 0.507 e. The molecule has 0 spiro atoms. The van der Waals surface area contributed by atoms with Crippen molar-refractivity contribution in [3.05, 3.63) is 70.8 Å². The van der Waals surface area contributed by atoms with Gasteiger partial charge >= 0.3 is 5.97 Å². The molecule has 3 rings (SSSR count). The Hall–Kier alpha value is -3.61. The summed E-state index contributed by atoms with van der Waals surface area (Å²) < 4.78 is 5.17. The van der Waals surface area contributed by atoms with Gasteiger partial charge < -0.3 is 19.8 Å². The van der Waals surface area contributed by atoms with Crippen LogP contribution in [-0.4, -0.2) is 46.4 Å². The van der Waals surface area contributed by atoms with Gasteiger partial charge in [0, 0.05) is 18.5 Å². The highest BCUT2D eigenvalue weighted by atomic mass is 16.5. The molecule has 1 aliphatic rings. The molecule has 0 saturated carbocycles. The quantitative estimate of drug-likeness (QED) is 0.413. The molecule has 1 heterocycles. The fraction of sp³-hybridized carbons (Fsp3) is 0.261. The summed E-state index contributed by atoms with van der Waals surface area (Å²) in [6.07, 6.45) is 0.0654. The first-order valence-corrected chi connectivity index (χ1v) is 9.54. The second-order valence-corrected chi connectivity index (χ2v) is 7.13. The van der Waals surface area contributed by atoms with Crippen molar-refractivity contribution in [1.29, 1.82) is 0 Å². The van der Waals surface area contributed by atoms with Gasteiger partial charge in [0.05, 0.1) is 18.7 Å². The molecule has 0 aliphatic carbocycles. The lowest BCUT2D eigenvalue weighted by Gasteiger charge is -2.25. The number of ether oxygens (including phenoxy) is 1. The van der Waals surface area contributed by atoms with Crippen LogP contribution in [0.2, 0.25) is 0 Å². The number of likely N-dealkylation sites (tertiary alicyclic amines) is 1. The molecule has 0 bridgehead atoms. The summed E-state index contributed by atoms with van der Waals surface area (Å²) in [5.74, 6) is -2.17. The van der Waals surface area contributed by atoms with Crippen molar-refractivity contribution >= 4 is 23.4 Å². The zero-order valence-electron chi connectivity index (χ0n) is 16.8. The van der Waals surface area contributed by atoms with E-state index in [1.54, 1.807) is 48.5 Å². The number of carbonyl (C=O) groups excluding carboxylic acids is 2. The van der Waals surface area contributed by atoms with Gasteiger partial charge in [-0.05, 0) is 31.0 Å². The number of hydrogen-bond donors (Lipinski definition) is 2. The molecule has 0 aromatic heterocycles. The lowest BCUT2D eigenvalue weighted by atomic mass is 9.95. The van der Waals surface area contributed by atoms with Crippen LogP contribution in [0.25, 0.3) is 5.76 Å². The Morgan fingerprint density at radius 1 is 1.03 bits per heavy atom. The highest BCUT2D eigenvalue weighted by Gasteiger charge is 2.45. The number of methoxy groups -OCH3 is 1. The van der Waals surface area contributed by atoms with Crippen LogP contribution < -0.4 is 4.74 Å². The Balaban J connectivity index is 2.08. The second-order valence-electron chi connectivity index (χ2n) is 7.13. The number of nitrogens with zero attached hydrogens (tertiary/aromatic N) is 1. The van der Waals surface area contributed by atoms with E-state index in [1.807, 2.05) is 6.92 Å². The molecule has 30 heavy (non-hydrogen) atoms. The molecular weight excluding hydrogens is 386 g/mol. The summed E-state index contributed by atoms with van der Waals surface area (Å²) in [6, 6.07) is 13.0. The van der Waals surface area contributed by atoms with Gasteiger partial charge in [0.25, 0.3) is 11.7 Å². The molecule has 7 nitrogen and oxygen atoms in total. The average molecular weight is 409 g/mol. The Labute approximate surface area is 174 Å². The smallest absolute Gasteiger partial charge is 0.303 e. The van der Waals surface area contributed by atoms with E-state index < -0.39 is 23.7 Å². The van der Waals surface area contributed by atoms with Gasteiger partial charge in [0.1, 0.15) is 11.5 Å². The molecule has 1 amide bonds. The Kier molecular flexibility index (Phi) is 6.20. The SMILES string of the molecule is COc1ccc(C2/C(=C(/O)c3ccc(C)cc3)C(=O)C(=O)N2CCCC(=O)O)cc1. The van der Waals surface area contributed by atoms with E-state index in [9.17, 15) is 19.5 Å². The molecule has 2 aromatic carbocycles. The van der Waals surface area contributed by atoms with E-state index in [-0.39, 0.29) is 30.7 Å². The highest BCUT2D eigenvalue weighted by Crippen LogP contribution is 2.40. The van der Waals surface area contributed by atoms with Crippen LogP contribution in [0.5, 0.6) is 5.75 Å². The number of carboxylic acids is 1. The lowest BCUT2D eigenvalue weighted by Crippen LogP contribution is -2.31. The van der Waals surface area contributed by atoms with Crippen molar-refractivity contribution in [1.82, 2.24) is 4.90 Å². The number of ketones is 1. The molecule has 1 unspecified atom stereocenters. The fourth-order valence-electron chi connectivity index (χ4n) is 3.51. The zero-order valence-corrected chi connectivity index (χ0v) is 16.8. The third kappa shape index (κ3) is 4.20. The number of aliphatic hydroxyl groups excluding tert-OH is 1. The van der Waals surface area contributed by atoms with Gasteiger partial charge in [-0.2, -0.15) is 0 Å². The molecule has 2 N–H and O–H groups in total. The number of Topliss-reactive ketones (excluding diaryl/α,β-unsaturated/α-hetero) is 1. The summed E-state index contributed by atoms with van der Waals surface area (Å²) in [6.45, 7) is 1.99. The van der Waals surface area contributed by atoms with E-state index in [1.165, 1.54) is 12.0 Å². The number of carboxylic acid groups (broad SMARTS) is 1. The van der Waals surface area contributed by atoms with E-state index in [4.69, 9.17) is 9.84 Å². The number of hydrogen-bond acceptors (Lipinski definition) is 5. The highest BCUT2D eigenvalue weighted by molar-refractivity contribution is 6.46. The van der Waals surface area contributed by atoms with Crippen LogP contribution in [0.1, 0.15) is 35.6 Å². The van der Waals surface area contributed by atoms with Crippen molar-refractivity contribution in [3.63, 3.8) is 0 Å². The van der Waals surface area contributed by atoms with E-state index in [0.717, 1.165) is 5.56 Å². The van der Waals surface area contributed by atoms with Gasteiger partial charge in [0.15, 0.2) is 0 Å². The molecule has 156 valence electrons. The molecule has 2 aromatic rings. The predicted octanol–water partition coefficient (Wildman–Crippen LogP) is 3.29. The first-order chi connectivity index (χ1) is 14.3. The first kappa shape index (κ1) is 21.1. The molecule has 1 saturated heterocycles.